The molecule has 5 nitrogen and oxygen atoms in total. The van der Waals surface area contributed by atoms with E-state index in [1.807, 2.05) is 0 Å². The molecular formula is C6H12AuO5S. The normalized spacial score (nSPS) is 19.5. The molecule has 0 unspecified atom stereocenters. The van der Waals surface area contributed by atoms with Gasteiger partial charge in [0.25, 0.3) is 0 Å². The molecule has 0 aliphatic rings. The summed E-state index contributed by atoms with van der Waals surface area (Å²) >= 11 is 4.30. The fourth-order valence-corrected chi connectivity index (χ4v) is 0.779. The van der Waals surface area contributed by atoms with Crippen molar-refractivity contribution >= 4 is 17.6 Å². The molecule has 0 saturated heterocycles. The first-order valence-corrected chi connectivity index (χ1v) is 3.80. The molecule has 0 aliphatic carbocycles. The largest absolute Gasteiger partial charge is 0.394 e. The topological polar surface area (TPSA) is 101 Å². The molecule has 0 rings (SSSR count). The van der Waals surface area contributed by atoms with Crippen molar-refractivity contribution in [2.24, 2.45) is 0 Å². The predicted octanol–water partition coefficient (Wildman–Crippen LogP) is -2.58. The SMILES string of the molecule is OC[C@@H](O)[C@@H](O)[C@H](O)[C@H](O)C=S.[Au]. The van der Waals surface area contributed by atoms with Gasteiger partial charge in [-0.3, -0.25) is 0 Å². The summed E-state index contributed by atoms with van der Waals surface area (Å²) in [5.41, 5.74) is 0. The van der Waals surface area contributed by atoms with Gasteiger partial charge in [0.05, 0.1) is 6.61 Å². The fourth-order valence-electron chi connectivity index (χ4n) is 0.618. The number of hydrogen-bond donors (Lipinski definition) is 5. The van der Waals surface area contributed by atoms with Gasteiger partial charge in [-0.15, -0.1) is 0 Å². The molecule has 0 aromatic rings. The van der Waals surface area contributed by atoms with E-state index in [0.29, 0.717) is 0 Å². The van der Waals surface area contributed by atoms with Crippen molar-refractivity contribution in [3.05, 3.63) is 0 Å². The minimum atomic E-state index is -1.61. The summed E-state index contributed by atoms with van der Waals surface area (Å²) in [6, 6.07) is 0. The number of hydrogen-bond acceptors (Lipinski definition) is 6. The van der Waals surface area contributed by atoms with E-state index in [2.05, 4.69) is 12.2 Å². The third-order valence-electron chi connectivity index (χ3n) is 1.42. The van der Waals surface area contributed by atoms with Gasteiger partial charge >= 0.3 is 0 Å². The Morgan fingerprint density at radius 1 is 1.08 bits per heavy atom. The molecule has 0 bridgehead atoms. The van der Waals surface area contributed by atoms with E-state index in [9.17, 15) is 0 Å². The maximum absolute atomic E-state index is 9.02. The van der Waals surface area contributed by atoms with E-state index >= 15 is 0 Å². The number of aliphatic hydroxyl groups excluding tert-OH is 5. The van der Waals surface area contributed by atoms with E-state index in [4.69, 9.17) is 25.5 Å². The summed E-state index contributed by atoms with van der Waals surface area (Å²) in [6.07, 6.45) is -6.06. The van der Waals surface area contributed by atoms with E-state index in [-0.39, 0.29) is 22.4 Å². The zero-order chi connectivity index (χ0) is 9.72. The molecule has 0 spiro atoms. The van der Waals surface area contributed by atoms with Gasteiger partial charge in [-0.25, -0.2) is 0 Å². The van der Waals surface area contributed by atoms with Crippen LogP contribution in [0.4, 0.5) is 0 Å². The summed E-state index contributed by atoms with van der Waals surface area (Å²) in [4.78, 5) is 0. The summed E-state index contributed by atoms with van der Waals surface area (Å²) < 4.78 is 0. The Bertz CT molecular complexity index is 147. The van der Waals surface area contributed by atoms with Gasteiger partial charge in [0, 0.05) is 27.7 Å². The maximum Gasteiger partial charge on any atom is 0.113 e. The monoisotopic (exact) mass is 393 g/mol. The van der Waals surface area contributed by atoms with Crippen LogP contribution in [-0.4, -0.2) is 61.9 Å². The van der Waals surface area contributed by atoms with Gasteiger partial charge in [0.1, 0.15) is 24.4 Å². The predicted molar refractivity (Wildman–Crippen MR) is 44.8 cm³/mol. The third-order valence-corrected chi connectivity index (χ3v) is 1.70. The van der Waals surface area contributed by atoms with Gasteiger partial charge in [0.2, 0.25) is 0 Å². The molecular weight excluding hydrogens is 381 g/mol. The second-order valence-electron chi connectivity index (χ2n) is 2.36. The molecule has 0 aliphatic heterocycles. The van der Waals surface area contributed by atoms with Gasteiger partial charge in [-0.05, 0) is 0 Å². The summed E-state index contributed by atoms with van der Waals surface area (Å²) in [6.45, 7) is -0.692. The molecule has 0 aromatic heterocycles. The molecule has 0 amide bonds. The van der Waals surface area contributed by atoms with Crippen molar-refractivity contribution in [1.82, 2.24) is 0 Å². The zero-order valence-corrected chi connectivity index (χ0v) is 9.52. The molecule has 13 heavy (non-hydrogen) atoms. The molecule has 1 radical (unpaired) electrons. The second-order valence-corrected chi connectivity index (χ2v) is 2.63. The van der Waals surface area contributed by atoms with Gasteiger partial charge in [-0.1, -0.05) is 12.2 Å². The van der Waals surface area contributed by atoms with Crippen molar-refractivity contribution in [3.8, 4) is 0 Å². The van der Waals surface area contributed by atoms with Crippen molar-refractivity contribution in [2.45, 2.75) is 24.4 Å². The van der Waals surface area contributed by atoms with Crippen LogP contribution in [-0.2, 0) is 22.4 Å². The molecule has 0 aromatic carbocycles. The third kappa shape index (κ3) is 5.16. The van der Waals surface area contributed by atoms with Gasteiger partial charge in [0.15, 0.2) is 0 Å². The molecule has 0 fully saturated rings. The quantitative estimate of drug-likeness (QED) is 0.260. The summed E-state index contributed by atoms with van der Waals surface area (Å²) in [5, 5.41) is 44.9. The zero-order valence-electron chi connectivity index (χ0n) is 6.54. The minimum Gasteiger partial charge on any atom is -0.394 e. The van der Waals surface area contributed by atoms with Crippen LogP contribution < -0.4 is 0 Å². The molecule has 0 saturated carbocycles. The van der Waals surface area contributed by atoms with Crippen LogP contribution in [0.3, 0.4) is 0 Å². The summed E-state index contributed by atoms with van der Waals surface area (Å²) in [5.74, 6) is 0. The standard InChI is InChI=1S/C6H12O5S.Au/c7-1-3(8)5(10)6(11)4(9)2-12;/h2-11H,1H2;/t3-,4-,5-,6-;/m1./s1. The average molecular weight is 393 g/mol. The van der Waals surface area contributed by atoms with E-state index in [0.717, 1.165) is 5.37 Å². The molecule has 4 atom stereocenters. The number of aliphatic hydroxyl groups is 5. The Kier molecular flexibility index (Phi) is 9.87. The maximum atomic E-state index is 9.02. The number of thiocarbonyl (C=S) groups is 1. The Balaban J connectivity index is 0. The van der Waals surface area contributed by atoms with E-state index in [1.54, 1.807) is 0 Å². The number of rotatable bonds is 5. The van der Waals surface area contributed by atoms with Gasteiger partial charge < -0.3 is 25.5 Å². The minimum absolute atomic E-state index is 0. The average Bonchev–Trinajstić information content (AvgIpc) is 2.12. The Morgan fingerprint density at radius 3 is 1.85 bits per heavy atom. The molecule has 7 heteroatoms. The molecule has 5 N–H and O–H groups in total. The smallest absolute Gasteiger partial charge is 0.113 e. The van der Waals surface area contributed by atoms with Crippen LogP contribution >= 0.6 is 12.2 Å². The first-order valence-electron chi connectivity index (χ1n) is 3.33. The summed E-state index contributed by atoms with van der Waals surface area (Å²) in [7, 11) is 0. The van der Waals surface area contributed by atoms with Crippen LogP contribution in [0.1, 0.15) is 0 Å². The van der Waals surface area contributed by atoms with Crippen LogP contribution in [0.5, 0.6) is 0 Å². The van der Waals surface area contributed by atoms with E-state index < -0.39 is 31.0 Å². The van der Waals surface area contributed by atoms with Crippen LogP contribution in [0.2, 0.25) is 0 Å². The van der Waals surface area contributed by atoms with Crippen LogP contribution in [0, 0.1) is 0 Å². The first-order chi connectivity index (χ1) is 5.54. The Morgan fingerprint density at radius 2 is 1.54 bits per heavy atom. The van der Waals surface area contributed by atoms with Crippen molar-refractivity contribution in [3.63, 3.8) is 0 Å². The Hall–Kier alpha value is 0.630. The Labute approximate surface area is 96.5 Å². The fraction of sp³-hybridized carbons (Fsp3) is 0.833. The first kappa shape index (κ1) is 16.1. The second kappa shape index (κ2) is 7.98. The van der Waals surface area contributed by atoms with Crippen LogP contribution in [0.25, 0.3) is 0 Å². The van der Waals surface area contributed by atoms with Crippen LogP contribution in [0.15, 0.2) is 0 Å². The van der Waals surface area contributed by atoms with E-state index in [1.165, 1.54) is 0 Å². The van der Waals surface area contributed by atoms with Gasteiger partial charge in [-0.2, -0.15) is 0 Å². The molecule has 0 heterocycles. The van der Waals surface area contributed by atoms with Crippen molar-refractivity contribution in [1.29, 1.82) is 0 Å². The van der Waals surface area contributed by atoms with Crippen molar-refractivity contribution in [2.75, 3.05) is 6.61 Å². The molecule has 83 valence electrons. The van der Waals surface area contributed by atoms with Crippen molar-refractivity contribution < 1.29 is 47.9 Å².